The van der Waals surface area contributed by atoms with Gasteiger partial charge in [-0.2, -0.15) is 5.26 Å². The Balaban J connectivity index is 3.08. The van der Waals surface area contributed by atoms with Gasteiger partial charge in [-0.1, -0.05) is 26.0 Å². The Bertz CT molecular complexity index is 336. The SMILES string of the molecule is CCC(CC)(CO)c1ccc(C#N)cc1. The van der Waals surface area contributed by atoms with Crippen molar-refractivity contribution in [1.82, 2.24) is 0 Å². The Morgan fingerprint density at radius 2 is 1.73 bits per heavy atom. The Kier molecular flexibility index (Phi) is 3.88. The van der Waals surface area contributed by atoms with Crippen molar-refractivity contribution in [2.75, 3.05) is 6.61 Å². The molecule has 1 rings (SSSR count). The summed E-state index contributed by atoms with van der Waals surface area (Å²) >= 11 is 0. The van der Waals surface area contributed by atoms with Crippen LogP contribution in [0.15, 0.2) is 24.3 Å². The average molecular weight is 203 g/mol. The summed E-state index contributed by atoms with van der Waals surface area (Å²) in [4.78, 5) is 0. The quantitative estimate of drug-likeness (QED) is 0.817. The number of aliphatic hydroxyl groups excluding tert-OH is 1. The normalized spacial score (nSPS) is 11.1. The maximum atomic E-state index is 9.49. The van der Waals surface area contributed by atoms with Gasteiger partial charge in [0.25, 0.3) is 0 Å². The molecule has 80 valence electrons. The van der Waals surface area contributed by atoms with Crippen LogP contribution in [-0.4, -0.2) is 11.7 Å². The van der Waals surface area contributed by atoms with E-state index in [-0.39, 0.29) is 12.0 Å². The summed E-state index contributed by atoms with van der Waals surface area (Å²) in [6, 6.07) is 9.61. The summed E-state index contributed by atoms with van der Waals surface area (Å²) in [5, 5.41) is 18.2. The lowest BCUT2D eigenvalue weighted by Crippen LogP contribution is -2.28. The molecule has 0 unspecified atom stereocenters. The van der Waals surface area contributed by atoms with Gasteiger partial charge in [0.15, 0.2) is 0 Å². The molecule has 0 atom stereocenters. The number of hydrogen-bond acceptors (Lipinski definition) is 2. The van der Waals surface area contributed by atoms with E-state index in [2.05, 4.69) is 19.9 Å². The third-order valence-corrected chi connectivity index (χ3v) is 3.28. The van der Waals surface area contributed by atoms with E-state index in [9.17, 15) is 5.11 Å². The van der Waals surface area contributed by atoms with Gasteiger partial charge in [0.2, 0.25) is 0 Å². The Hall–Kier alpha value is -1.33. The maximum absolute atomic E-state index is 9.49. The molecular weight excluding hydrogens is 186 g/mol. The van der Waals surface area contributed by atoms with Gasteiger partial charge in [-0.05, 0) is 30.5 Å². The average Bonchev–Trinajstić information content (AvgIpc) is 2.33. The summed E-state index contributed by atoms with van der Waals surface area (Å²) in [6.45, 7) is 4.32. The second kappa shape index (κ2) is 4.95. The molecule has 0 bridgehead atoms. The van der Waals surface area contributed by atoms with Gasteiger partial charge >= 0.3 is 0 Å². The van der Waals surface area contributed by atoms with E-state index in [1.807, 2.05) is 24.3 Å². The number of aliphatic hydroxyl groups is 1. The topological polar surface area (TPSA) is 44.0 Å². The van der Waals surface area contributed by atoms with Crippen LogP contribution in [0.1, 0.15) is 37.8 Å². The second-order valence-corrected chi connectivity index (χ2v) is 3.83. The van der Waals surface area contributed by atoms with Gasteiger partial charge in [-0.25, -0.2) is 0 Å². The summed E-state index contributed by atoms with van der Waals surface area (Å²) in [5.41, 5.74) is 1.64. The molecule has 0 heterocycles. The number of nitrogens with zero attached hydrogens (tertiary/aromatic N) is 1. The fourth-order valence-electron chi connectivity index (χ4n) is 1.87. The smallest absolute Gasteiger partial charge is 0.0991 e. The van der Waals surface area contributed by atoms with E-state index >= 15 is 0 Å². The van der Waals surface area contributed by atoms with E-state index in [4.69, 9.17) is 5.26 Å². The fourth-order valence-corrected chi connectivity index (χ4v) is 1.87. The Morgan fingerprint density at radius 3 is 2.07 bits per heavy atom. The van der Waals surface area contributed by atoms with Gasteiger partial charge in [-0.15, -0.1) is 0 Å². The van der Waals surface area contributed by atoms with Crippen molar-refractivity contribution in [2.24, 2.45) is 0 Å². The van der Waals surface area contributed by atoms with Crippen LogP contribution in [0.25, 0.3) is 0 Å². The zero-order valence-electron chi connectivity index (χ0n) is 9.33. The summed E-state index contributed by atoms with van der Waals surface area (Å²) in [6.07, 6.45) is 1.82. The highest BCUT2D eigenvalue weighted by Gasteiger charge is 2.27. The van der Waals surface area contributed by atoms with E-state index in [1.165, 1.54) is 0 Å². The molecule has 1 aromatic rings. The second-order valence-electron chi connectivity index (χ2n) is 3.83. The van der Waals surface area contributed by atoms with Gasteiger partial charge < -0.3 is 5.11 Å². The molecule has 0 radical (unpaired) electrons. The third kappa shape index (κ3) is 2.19. The maximum Gasteiger partial charge on any atom is 0.0991 e. The van der Waals surface area contributed by atoms with Crippen LogP contribution in [0.2, 0.25) is 0 Å². The fraction of sp³-hybridized carbons (Fsp3) is 0.462. The van der Waals surface area contributed by atoms with Gasteiger partial charge in [0.1, 0.15) is 0 Å². The molecule has 0 aliphatic carbocycles. The van der Waals surface area contributed by atoms with E-state index in [0.717, 1.165) is 18.4 Å². The highest BCUT2D eigenvalue weighted by molar-refractivity contribution is 5.35. The lowest BCUT2D eigenvalue weighted by Gasteiger charge is -2.30. The first-order valence-corrected chi connectivity index (χ1v) is 5.34. The molecule has 0 fully saturated rings. The minimum absolute atomic E-state index is 0.145. The molecule has 0 spiro atoms. The van der Waals surface area contributed by atoms with Crippen LogP contribution in [0.5, 0.6) is 0 Å². The van der Waals surface area contributed by atoms with Crippen LogP contribution in [0.3, 0.4) is 0 Å². The predicted molar refractivity (Wildman–Crippen MR) is 60.5 cm³/mol. The van der Waals surface area contributed by atoms with Crippen molar-refractivity contribution in [3.05, 3.63) is 35.4 Å². The van der Waals surface area contributed by atoms with Crippen molar-refractivity contribution in [3.8, 4) is 6.07 Å². The highest BCUT2D eigenvalue weighted by atomic mass is 16.3. The van der Waals surface area contributed by atoms with Crippen molar-refractivity contribution in [3.63, 3.8) is 0 Å². The first-order chi connectivity index (χ1) is 7.22. The van der Waals surface area contributed by atoms with Crippen LogP contribution < -0.4 is 0 Å². The van der Waals surface area contributed by atoms with Gasteiger partial charge in [0, 0.05) is 5.41 Å². The molecule has 0 aromatic heterocycles. The van der Waals surface area contributed by atoms with Crippen molar-refractivity contribution < 1.29 is 5.11 Å². The van der Waals surface area contributed by atoms with Crippen LogP contribution in [-0.2, 0) is 5.41 Å². The van der Waals surface area contributed by atoms with Crippen molar-refractivity contribution >= 4 is 0 Å². The Labute approximate surface area is 91.2 Å². The molecule has 2 nitrogen and oxygen atoms in total. The molecule has 15 heavy (non-hydrogen) atoms. The standard InChI is InChI=1S/C13H17NO/c1-3-13(4-2,10-15)12-7-5-11(9-14)6-8-12/h5-8,15H,3-4,10H2,1-2H3. The third-order valence-electron chi connectivity index (χ3n) is 3.28. The zero-order valence-corrected chi connectivity index (χ0v) is 9.33. The lowest BCUT2D eigenvalue weighted by molar-refractivity contribution is 0.183. The van der Waals surface area contributed by atoms with Gasteiger partial charge in [0.05, 0.1) is 18.2 Å². The monoisotopic (exact) mass is 203 g/mol. The molecule has 0 saturated heterocycles. The highest BCUT2D eigenvalue weighted by Crippen LogP contribution is 2.31. The molecule has 0 aliphatic heterocycles. The molecule has 0 aliphatic rings. The first-order valence-electron chi connectivity index (χ1n) is 5.34. The number of nitriles is 1. The summed E-state index contributed by atoms with van der Waals surface area (Å²) < 4.78 is 0. The molecule has 0 amide bonds. The zero-order chi connectivity index (χ0) is 11.3. The van der Waals surface area contributed by atoms with Crippen LogP contribution in [0, 0.1) is 11.3 Å². The van der Waals surface area contributed by atoms with E-state index in [1.54, 1.807) is 0 Å². The molecule has 1 aromatic carbocycles. The summed E-state index contributed by atoms with van der Waals surface area (Å²) in [5.74, 6) is 0. The van der Waals surface area contributed by atoms with E-state index < -0.39 is 0 Å². The number of benzene rings is 1. The van der Waals surface area contributed by atoms with Crippen molar-refractivity contribution in [2.45, 2.75) is 32.1 Å². The summed E-state index contributed by atoms with van der Waals surface area (Å²) in [7, 11) is 0. The van der Waals surface area contributed by atoms with E-state index in [0.29, 0.717) is 5.56 Å². The first kappa shape index (κ1) is 11.7. The molecule has 2 heteroatoms. The minimum Gasteiger partial charge on any atom is -0.395 e. The minimum atomic E-state index is -0.145. The lowest BCUT2D eigenvalue weighted by atomic mass is 9.76. The largest absolute Gasteiger partial charge is 0.395 e. The Morgan fingerprint density at radius 1 is 1.20 bits per heavy atom. The van der Waals surface area contributed by atoms with Crippen LogP contribution >= 0.6 is 0 Å². The number of hydrogen-bond donors (Lipinski definition) is 1. The van der Waals surface area contributed by atoms with Crippen molar-refractivity contribution in [1.29, 1.82) is 5.26 Å². The van der Waals surface area contributed by atoms with Crippen LogP contribution in [0.4, 0.5) is 0 Å². The predicted octanol–water partition coefficient (Wildman–Crippen LogP) is 2.61. The number of rotatable bonds is 4. The molecule has 1 N–H and O–H groups in total. The molecular formula is C13H17NO. The van der Waals surface area contributed by atoms with Gasteiger partial charge in [-0.3, -0.25) is 0 Å². The molecule has 0 saturated carbocycles.